The molecule has 0 fully saturated rings. The fourth-order valence-electron chi connectivity index (χ4n) is 2.38. The molecule has 1 amide bonds. The molecule has 7 heteroatoms. The molecule has 0 radical (unpaired) electrons. The summed E-state index contributed by atoms with van der Waals surface area (Å²) in [6.45, 7) is -0.216. The minimum Gasteiger partial charge on any atom is -0.484 e. The molecule has 0 bridgehead atoms. The number of hydrazone groups is 1. The zero-order valence-corrected chi connectivity index (χ0v) is 13.7. The Morgan fingerprint density at radius 2 is 1.81 bits per heavy atom. The van der Waals surface area contributed by atoms with Gasteiger partial charge in [-0.1, -0.05) is 42.5 Å². The lowest BCUT2D eigenvalue weighted by molar-refractivity contribution is -0.385. The smallest absolute Gasteiger partial charge is 0.278 e. The lowest BCUT2D eigenvalue weighted by atomic mass is 10.1. The number of para-hydroxylation sites is 1. The van der Waals surface area contributed by atoms with Crippen LogP contribution in [0.2, 0.25) is 0 Å². The molecule has 0 aliphatic rings. The van der Waals surface area contributed by atoms with Crippen LogP contribution in [-0.4, -0.2) is 23.7 Å². The molecular weight excluding hydrogens is 334 g/mol. The first-order valence-electron chi connectivity index (χ1n) is 7.80. The van der Waals surface area contributed by atoms with Gasteiger partial charge in [-0.25, -0.2) is 5.43 Å². The van der Waals surface area contributed by atoms with Crippen LogP contribution in [-0.2, 0) is 4.79 Å². The van der Waals surface area contributed by atoms with Crippen molar-refractivity contribution < 1.29 is 14.5 Å². The molecular formula is C19H15N3O4. The maximum absolute atomic E-state index is 11.8. The number of nitrogens with one attached hydrogen (secondary N) is 1. The van der Waals surface area contributed by atoms with E-state index in [-0.39, 0.29) is 12.3 Å². The zero-order valence-electron chi connectivity index (χ0n) is 13.7. The summed E-state index contributed by atoms with van der Waals surface area (Å²) in [7, 11) is 0. The van der Waals surface area contributed by atoms with Gasteiger partial charge in [0.2, 0.25) is 0 Å². The highest BCUT2D eigenvalue weighted by molar-refractivity contribution is 5.87. The van der Waals surface area contributed by atoms with Gasteiger partial charge in [0.05, 0.1) is 16.7 Å². The number of hydrogen-bond donors (Lipinski definition) is 1. The molecule has 130 valence electrons. The number of carbonyl (C=O) groups is 1. The molecule has 3 rings (SSSR count). The van der Waals surface area contributed by atoms with Crippen LogP contribution < -0.4 is 10.2 Å². The Hall–Kier alpha value is -3.74. The number of nitrogens with zero attached hydrogens (tertiary/aromatic N) is 2. The predicted octanol–water partition coefficient (Wildman–Crippen LogP) is 3.28. The number of hydrogen-bond acceptors (Lipinski definition) is 5. The van der Waals surface area contributed by atoms with Crippen LogP contribution in [0.1, 0.15) is 5.56 Å². The molecule has 0 aliphatic heterocycles. The fraction of sp³-hybridized carbons (Fsp3) is 0.0526. The van der Waals surface area contributed by atoms with Gasteiger partial charge in [-0.05, 0) is 29.0 Å². The molecule has 0 aromatic heterocycles. The van der Waals surface area contributed by atoms with E-state index in [4.69, 9.17) is 4.74 Å². The lowest BCUT2D eigenvalue weighted by Gasteiger charge is -2.06. The molecule has 3 aromatic rings. The molecule has 26 heavy (non-hydrogen) atoms. The number of amides is 1. The van der Waals surface area contributed by atoms with E-state index in [1.807, 2.05) is 36.4 Å². The van der Waals surface area contributed by atoms with Crippen molar-refractivity contribution in [3.8, 4) is 5.75 Å². The highest BCUT2D eigenvalue weighted by atomic mass is 16.6. The summed E-state index contributed by atoms with van der Waals surface area (Å²) in [6, 6.07) is 19.5. The number of nitro benzene ring substituents is 1. The van der Waals surface area contributed by atoms with Crippen LogP contribution in [0.3, 0.4) is 0 Å². The van der Waals surface area contributed by atoms with Crippen molar-refractivity contribution >= 4 is 28.6 Å². The third kappa shape index (κ3) is 4.21. The van der Waals surface area contributed by atoms with E-state index in [1.165, 1.54) is 12.3 Å². The molecule has 3 aromatic carbocycles. The third-order valence-electron chi connectivity index (χ3n) is 3.62. The van der Waals surface area contributed by atoms with Crippen molar-refractivity contribution in [3.63, 3.8) is 0 Å². The Kier molecular flexibility index (Phi) is 5.19. The molecule has 7 nitrogen and oxygen atoms in total. The van der Waals surface area contributed by atoms with Crippen molar-refractivity contribution in [1.29, 1.82) is 0 Å². The Balaban J connectivity index is 1.56. The first-order chi connectivity index (χ1) is 12.6. The largest absolute Gasteiger partial charge is 0.484 e. The van der Waals surface area contributed by atoms with Gasteiger partial charge in [0.15, 0.2) is 6.61 Å². The second kappa shape index (κ2) is 7.89. The van der Waals surface area contributed by atoms with Gasteiger partial charge >= 0.3 is 0 Å². The summed E-state index contributed by atoms with van der Waals surface area (Å²) >= 11 is 0. The predicted molar refractivity (Wildman–Crippen MR) is 98.3 cm³/mol. The van der Waals surface area contributed by atoms with E-state index in [1.54, 1.807) is 24.3 Å². The number of nitro groups is 1. The Labute approximate surface area is 149 Å². The monoisotopic (exact) mass is 349 g/mol. The Morgan fingerprint density at radius 1 is 1.08 bits per heavy atom. The van der Waals surface area contributed by atoms with E-state index >= 15 is 0 Å². The fourth-order valence-corrected chi connectivity index (χ4v) is 2.38. The number of benzene rings is 3. The number of ether oxygens (including phenoxy) is 1. The lowest BCUT2D eigenvalue weighted by Crippen LogP contribution is -2.24. The van der Waals surface area contributed by atoms with E-state index in [9.17, 15) is 14.9 Å². The van der Waals surface area contributed by atoms with E-state index < -0.39 is 10.8 Å². The van der Waals surface area contributed by atoms with Gasteiger partial charge in [0.1, 0.15) is 5.75 Å². The van der Waals surface area contributed by atoms with Gasteiger partial charge < -0.3 is 4.74 Å². The van der Waals surface area contributed by atoms with Crippen molar-refractivity contribution in [3.05, 3.63) is 82.4 Å². The molecule has 0 saturated heterocycles. The first kappa shape index (κ1) is 17.1. The average molecular weight is 349 g/mol. The first-order valence-corrected chi connectivity index (χ1v) is 7.80. The molecule has 0 saturated carbocycles. The highest BCUT2D eigenvalue weighted by Gasteiger charge is 2.10. The summed E-state index contributed by atoms with van der Waals surface area (Å²) < 4.78 is 5.45. The maximum atomic E-state index is 11.8. The zero-order chi connectivity index (χ0) is 18.4. The standard InChI is InChI=1S/C19H15N3O4/c23-19(21-20-12-16-7-3-4-8-18(16)22(24)25)13-26-17-10-9-14-5-1-2-6-15(14)11-17/h1-12H,13H2,(H,21,23)/b20-12-. The average Bonchev–Trinajstić information content (AvgIpc) is 2.66. The molecule has 0 aliphatic carbocycles. The van der Waals surface area contributed by atoms with Crippen molar-refractivity contribution in [2.45, 2.75) is 0 Å². The number of carbonyl (C=O) groups excluding carboxylic acids is 1. The number of fused-ring (bicyclic) bond motifs is 1. The topological polar surface area (TPSA) is 93.8 Å². The van der Waals surface area contributed by atoms with Gasteiger partial charge in [0, 0.05) is 6.07 Å². The summed E-state index contributed by atoms with van der Waals surface area (Å²) in [6.07, 6.45) is 1.23. The van der Waals surface area contributed by atoms with Crippen molar-refractivity contribution in [1.82, 2.24) is 5.43 Å². The molecule has 0 heterocycles. The minimum atomic E-state index is -0.508. The molecule has 0 atom stereocenters. The SMILES string of the molecule is O=C(COc1ccc2ccccc2c1)N/N=C\c1ccccc1[N+](=O)[O-]. The maximum Gasteiger partial charge on any atom is 0.278 e. The van der Waals surface area contributed by atoms with E-state index in [2.05, 4.69) is 10.5 Å². The van der Waals surface area contributed by atoms with Crippen LogP contribution in [0.15, 0.2) is 71.8 Å². The van der Waals surface area contributed by atoms with E-state index in [0.717, 1.165) is 10.8 Å². The summed E-state index contributed by atoms with van der Waals surface area (Å²) in [5, 5.41) is 16.7. The van der Waals surface area contributed by atoms with Gasteiger partial charge in [-0.2, -0.15) is 5.10 Å². The Bertz CT molecular complexity index is 985. The van der Waals surface area contributed by atoms with Gasteiger partial charge in [0.25, 0.3) is 11.6 Å². The summed E-state index contributed by atoms with van der Waals surface area (Å²) in [4.78, 5) is 22.2. The van der Waals surface area contributed by atoms with Gasteiger partial charge in [-0.3, -0.25) is 14.9 Å². The van der Waals surface area contributed by atoms with Crippen molar-refractivity contribution in [2.24, 2.45) is 5.10 Å². The van der Waals surface area contributed by atoms with Crippen LogP contribution in [0.5, 0.6) is 5.75 Å². The second-order valence-corrected chi connectivity index (χ2v) is 5.41. The Morgan fingerprint density at radius 3 is 2.62 bits per heavy atom. The number of rotatable bonds is 6. The third-order valence-corrected chi connectivity index (χ3v) is 3.62. The second-order valence-electron chi connectivity index (χ2n) is 5.41. The van der Waals surface area contributed by atoms with Crippen LogP contribution in [0.4, 0.5) is 5.69 Å². The summed E-state index contributed by atoms with van der Waals surface area (Å²) in [5.74, 6) is 0.106. The highest BCUT2D eigenvalue weighted by Crippen LogP contribution is 2.20. The molecule has 0 unspecified atom stereocenters. The van der Waals surface area contributed by atoms with Gasteiger partial charge in [-0.15, -0.1) is 0 Å². The quantitative estimate of drug-likeness (QED) is 0.420. The minimum absolute atomic E-state index is 0.0853. The van der Waals surface area contributed by atoms with Crippen LogP contribution in [0, 0.1) is 10.1 Å². The van der Waals surface area contributed by atoms with Crippen LogP contribution >= 0.6 is 0 Å². The molecule has 0 spiro atoms. The van der Waals surface area contributed by atoms with Crippen molar-refractivity contribution in [2.75, 3.05) is 6.61 Å². The normalized spacial score (nSPS) is 10.8. The molecule has 1 N–H and O–H groups in total. The summed E-state index contributed by atoms with van der Waals surface area (Å²) in [5.41, 5.74) is 2.50. The van der Waals surface area contributed by atoms with Crippen LogP contribution in [0.25, 0.3) is 10.8 Å². The van der Waals surface area contributed by atoms with E-state index in [0.29, 0.717) is 11.3 Å².